The van der Waals surface area contributed by atoms with Gasteiger partial charge in [-0.05, 0) is 36.2 Å². The first-order chi connectivity index (χ1) is 9.46. The smallest absolute Gasteiger partial charge is 0.323 e. The number of thiol groups is 1. The van der Waals surface area contributed by atoms with Crippen LogP contribution in [0, 0.1) is 0 Å². The molecule has 2 aromatic carbocycles. The van der Waals surface area contributed by atoms with Gasteiger partial charge >= 0.3 is 5.97 Å². The zero-order chi connectivity index (χ0) is 14.8. The number of hydrogen-bond acceptors (Lipinski definition) is 4. The molecule has 0 amide bonds. The molecule has 0 bridgehead atoms. The van der Waals surface area contributed by atoms with Gasteiger partial charge in [-0.3, -0.25) is 4.79 Å². The number of nitrogens with two attached hydrogens (primary N) is 1. The average Bonchev–Trinajstić information content (AvgIpc) is 2.46. The second kappa shape index (κ2) is 5.85. The van der Waals surface area contributed by atoms with Crippen LogP contribution >= 0.6 is 12.6 Å². The van der Waals surface area contributed by atoms with Crippen LogP contribution in [-0.2, 0) is 9.53 Å². The van der Waals surface area contributed by atoms with Gasteiger partial charge in [0.25, 0.3) is 0 Å². The van der Waals surface area contributed by atoms with Crippen LogP contribution in [0.3, 0.4) is 0 Å². The molecule has 2 aromatic rings. The lowest BCUT2D eigenvalue weighted by Gasteiger charge is -2.28. The van der Waals surface area contributed by atoms with Crippen LogP contribution in [0.5, 0.6) is 0 Å². The number of hydrogen-bond donors (Lipinski definition) is 2. The Labute approximate surface area is 124 Å². The van der Waals surface area contributed by atoms with E-state index in [4.69, 9.17) is 10.5 Å². The summed E-state index contributed by atoms with van der Waals surface area (Å²) < 4.78 is 3.98. The molecule has 2 rings (SSSR count). The fourth-order valence-electron chi connectivity index (χ4n) is 2.13. The van der Waals surface area contributed by atoms with E-state index >= 15 is 0 Å². The van der Waals surface area contributed by atoms with E-state index in [0.29, 0.717) is 6.61 Å². The third-order valence-corrected chi connectivity index (χ3v) is 3.89. The van der Waals surface area contributed by atoms with Gasteiger partial charge in [-0.15, -0.1) is 0 Å². The van der Waals surface area contributed by atoms with E-state index in [9.17, 15) is 4.79 Å². The molecule has 0 saturated heterocycles. The van der Waals surface area contributed by atoms with Crippen LogP contribution in [0.2, 0.25) is 0 Å². The van der Waals surface area contributed by atoms with Crippen LogP contribution in [0.4, 0.5) is 0 Å². The summed E-state index contributed by atoms with van der Waals surface area (Å²) in [7, 11) is 0. The molecule has 0 saturated carbocycles. The Hall–Kier alpha value is -1.52. The summed E-state index contributed by atoms with van der Waals surface area (Å²) in [5, 5.41) is 2.23. The van der Waals surface area contributed by atoms with Gasteiger partial charge in [0, 0.05) is 0 Å². The lowest BCUT2D eigenvalue weighted by atomic mass is 9.92. The second-order valence-corrected chi connectivity index (χ2v) is 5.88. The number of ether oxygens (including phenoxy) is 1. The summed E-state index contributed by atoms with van der Waals surface area (Å²) in [5.41, 5.74) is 7.09. The van der Waals surface area contributed by atoms with Gasteiger partial charge in [0.1, 0.15) is 4.75 Å². The van der Waals surface area contributed by atoms with E-state index in [1.165, 1.54) is 0 Å². The summed E-state index contributed by atoms with van der Waals surface area (Å²) in [6.07, 6.45) is 0. The van der Waals surface area contributed by atoms with Gasteiger partial charge < -0.3 is 10.5 Å². The van der Waals surface area contributed by atoms with E-state index in [1.807, 2.05) is 42.5 Å². The topological polar surface area (TPSA) is 52.3 Å². The Bertz CT molecular complexity index is 625. The maximum atomic E-state index is 12.0. The summed E-state index contributed by atoms with van der Waals surface area (Å²) >= 11 is 4.42. The van der Waals surface area contributed by atoms with E-state index in [1.54, 1.807) is 13.8 Å². The van der Waals surface area contributed by atoms with Crippen molar-refractivity contribution in [3.05, 3.63) is 48.0 Å². The number of carbonyl (C=O) groups excluding carboxylic acids is 1. The molecular weight excluding hydrogens is 270 g/mol. The zero-order valence-corrected chi connectivity index (χ0v) is 12.6. The Kier molecular flexibility index (Phi) is 4.35. The molecule has 0 aliphatic carbocycles. The number of fused-ring (bicyclic) bond motifs is 1. The van der Waals surface area contributed by atoms with Crippen molar-refractivity contribution in [3.63, 3.8) is 0 Å². The van der Waals surface area contributed by atoms with E-state index < -0.39 is 16.8 Å². The molecule has 0 aliphatic heterocycles. The highest BCUT2D eigenvalue weighted by Crippen LogP contribution is 2.32. The highest BCUT2D eigenvalue weighted by atomic mass is 32.1. The van der Waals surface area contributed by atoms with E-state index in [2.05, 4.69) is 12.6 Å². The van der Waals surface area contributed by atoms with E-state index in [-0.39, 0.29) is 0 Å². The first-order valence-corrected chi connectivity index (χ1v) is 7.05. The number of benzene rings is 2. The van der Waals surface area contributed by atoms with Gasteiger partial charge in [0.05, 0.1) is 12.6 Å². The number of rotatable bonds is 4. The quantitative estimate of drug-likeness (QED) is 0.672. The summed E-state index contributed by atoms with van der Waals surface area (Å²) in [6.45, 7) is 3.77. The summed E-state index contributed by atoms with van der Waals surface area (Å²) in [5.74, 6) is -0.399. The van der Waals surface area contributed by atoms with E-state index in [0.717, 1.165) is 16.3 Å². The van der Waals surface area contributed by atoms with Crippen LogP contribution in [0.25, 0.3) is 10.8 Å². The fraction of sp³-hybridized carbons (Fsp3) is 0.312. The van der Waals surface area contributed by atoms with Crippen LogP contribution in [0.15, 0.2) is 42.5 Å². The molecular formula is C16H19NO2S. The first kappa shape index (κ1) is 14.9. The Morgan fingerprint density at radius 1 is 1.30 bits per heavy atom. The summed E-state index contributed by atoms with van der Waals surface area (Å²) in [6, 6.07) is 13.4. The first-order valence-electron chi connectivity index (χ1n) is 6.60. The monoisotopic (exact) mass is 289 g/mol. The van der Waals surface area contributed by atoms with Crippen LogP contribution < -0.4 is 5.73 Å². The van der Waals surface area contributed by atoms with Crippen LogP contribution in [0.1, 0.15) is 25.5 Å². The maximum absolute atomic E-state index is 12.0. The molecule has 106 valence electrons. The molecule has 0 fully saturated rings. The van der Waals surface area contributed by atoms with Gasteiger partial charge in [-0.1, -0.05) is 36.4 Å². The minimum atomic E-state index is -1.06. The maximum Gasteiger partial charge on any atom is 0.323 e. The normalized spacial score (nSPS) is 15.6. The lowest BCUT2D eigenvalue weighted by Crippen LogP contribution is -2.42. The van der Waals surface area contributed by atoms with Crippen molar-refractivity contribution in [1.82, 2.24) is 0 Å². The van der Waals surface area contributed by atoms with Crippen molar-refractivity contribution in [2.24, 2.45) is 5.73 Å². The molecule has 2 N–H and O–H groups in total. The highest BCUT2D eigenvalue weighted by Gasteiger charge is 2.38. The molecule has 0 aromatic heterocycles. The minimum Gasteiger partial charge on any atom is -0.465 e. The molecule has 3 nitrogen and oxygen atoms in total. The minimum absolute atomic E-state index is 0.319. The fourth-order valence-corrected chi connectivity index (χ4v) is 2.34. The molecule has 0 radical (unpaired) electrons. The lowest BCUT2D eigenvalue weighted by molar-refractivity contribution is -0.146. The number of esters is 1. The SMILES string of the molecule is CCOC(=O)C(C)(S)C(N)c1ccc2ccccc2c1. The summed E-state index contributed by atoms with van der Waals surface area (Å²) in [4.78, 5) is 12.0. The van der Waals surface area contributed by atoms with Crippen molar-refractivity contribution in [3.8, 4) is 0 Å². The van der Waals surface area contributed by atoms with Gasteiger partial charge in [-0.25, -0.2) is 0 Å². The molecule has 0 heterocycles. The van der Waals surface area contributed by atoms with Crippen molar-refractivity contribution in [2.45, 2.75) is 24.6 Å². The van der Waals surface area contributed by atoms with Crippen molar-refractivity contribution in [2.75, 3.05) is 6.61 Å². The highest BCUT2D eigenvalue weighted by molar-refractivity contribution is 7.82. The standard InChI is InChI=1S/C16H19NO2S/c1-3-19-15(18)16(2,20)14(17)13-9-8-11-6-4-5-7-12(11)10-13/h4-10,14,20H,3,17H2,1-2H3. The molecule has 0 spiro atoms. The van der Waals surface area contributed by atoms with Crippen molar-refractivity contribution < 1.29 is 9.53 Å². The zero-order valence-electron chi connectivity index (χ0n) is 11.7. The molecule has 20 heavy (non-hydrogen) atoms. The third kappa shape index (κ3) is 2.81. The van der Waals surface area contributed by atoms with Crippen molar-refractivity contribution in [1.29, 1.82) is 0 Å². The third-order valence-electron chi connectivity index (χ3n) is 3.43. The molecule has 2 atom stereocenters. The molecule has 2 unspecified atom stereocenters. The van der Waals surface area contributed by atoms with Gasteiger partial charge in [-0.2, -0.15) is 12.6 Å². The van der Waals surface area contributed by atoms with Gasteiger partial charge in [0.2, 0.25) is 0 Å². The van der Waals surface area contributed by atoms with Gasteiger partial charge in [0.15, 0.2) is 0 Å². The second-order valence-electron chi connectivity index (χ2n) is 4.95. The molecule has 4 heteroatoms. The largest absolute Gasteiger partial charge is 0.465 e. The number of carbonyl (C=O) groups is 1. The average molecular weight is 289 g/mol. The Balaban J connectivity index is 2.35. The molecule has 0 aliphatic rings. The Morgan fingerprint density at radius 3 is 2.60 bits per heavy atom. The van der Waals surface area contributed by atoms with Crippen LogP contribution in [-0.4, -0.2) is 17.3 Å². The predicted octanol–water partition coefficient (Wildman–Crippen LogP) is 3.09. The predicted molar refractivity (Wildman–Crippen MR) is 84.9 cm³/mol. The van der Waals surface area contributed by atoms with Crippen molar-refractivity contribution >= 4 is 29.4 Å². The Morgan fingerprint density at radius 2 is 1.95 bits per heavy atom.